The van der Waals surface area contributed by atoms with E-state index >= 15 is 0 Å². The Labute approximate surface area is 117 Å². The number of benzene rings is 1. The minimum absolute atomic E-state index is 0.174. The summed E-state index contributed by atoms with van der Waals surface area (Å²) >= 11 is 0. The monoisotopic (exact) mass is 272 g/mol. The summed E-state index contributed by atoms with van der Waals surface area (Å²) in [6.45, 7) is 2.25. The maximum absolute atomic E-state index is 11.9. The highest BCUT2D eigenvalue weighted by Crippen LogP contribution is 2.27. The van der Waals surface area contributed by atoms with Gasteiger partial charge in [0.2, 0.25) is 0 Å². The average molecular weight is 272 g/mol. The Balaban J connectivity index is 1.93. The van der Waals surface area contributed by atoms with E-state index in [0.717, 1.165) is 23.4 Å². The van der Waals surface area contributed by atoms with Gasteiger partial charge in [0.05, 0.1) is 12.8 Å². The molecular weight excluding hydrogens is 256 g/mol. The maximum atomic E-state index is 11.9. The molecule has 0 radical (unpaired) electrons. The second kappa shape index (κ2) is 6.14. The molecule has 0 saturated carbocycles. The lowest BCUT2D eigenvalue weighted by Gasteiger charge is -2.04. The molecule has 1 N–H and O–H groups in total. The van der Waals surface area contributed by atoms with Crippen LogP contribution < -0.4 is 5.32 Å². The lowest BCUT2D eigenvalue weighted by molar-refractivity contribution is -0.134. The Bertz CT molecular complexity index is 603. The number of methoxy groups -OCH3 is 1. The van der Waals surface area contributed by atoms with Crippen LogP contribution in [0.3, 0.4) is 0 Å². The number of carbonyl (C=O) groups excluding carboxylic acids is 2. The van der Waals surface area contributed by atoms with E-state index in [1.807, 2.05) is 19.1 Å². The molecule has 1 aromatic rings. The van der Waals surface area contributed by atoms with Crippen molar-refractivity contribution in [2.75, 3.05) is 13.7 Å². The van der Waals surface area contributed by atoms with Gasteiger partial charge in [-0.2, -0.15) is 0 Å². The first kappa shape index (κ1) is 14.0. The average Bonchev–Trinajstić information content (AvgIpc) is 2.81. The van der Waals surface area contributed by atoms with Gasteiger partial charge >= 0.3 is 5.97 Å². The van der Waals surface area contributed by atoms with Crippen LogP contribution >= 0.6 is 0 Å². The predicted octanol–water partition coefficient (Wildman–Crippen LogP) is 1.79. The summed E-state index contributed by atoms with van der Waals surface area (Å²) in [7, 11) is 1.31. The van der Waals surface area contributed by atoms with Crippen molar-refractivity contribution in [3.63, 3.8) is 0 Å². The predicted molar refractivity (Wildman–Crippen MR) is 76.4 cm³/mol. The standard InChI is InChI=1S/C15H16N2O3/c1-10-8-12-9-11(5-6-13(12)17-10)15(19)16-7-3-4-14(18)20-2/h3-6,9H,7-8H2,1-2H3,(H,16,19)/b4-3+. The van der Waals surface area contributed by atoms with Crippen molar-refractivity contribution in [3.8, 4) is 0 Å². The number of aliphatic imine (C=N–C) groups is 1. The molecule has 1 aliphatic rings. The summed E-state index contributed by atoms with van der Waals surface area (Å²) in [5, 5.41) is 2.71. The Morgan fingerprint density at radius 2 is 2.25 bits per heavy atom. The number of ether oxygens (including phenoxy) is 1. The maximum Gasteiger partial charge on any atom is 0.330 e. The lowest BCUT2D eigenvalue weighted by atomic mass is 10.1. The highest BCUT2D eigenvalue weighted by Gasteiger charge is 2.13. The number of fused-ring (bicyclic) bond motifs is 1. The molecule has 0 aromatic heterocycles. The fraction of sp³-hybridized carbons (Fsp3) is 0.267. The zero-order valence-corrected chi connectivity index (χ0v) is 11.5. The quantitative estimate of drug-likeness (QED) is 0.671. The summed E-state index contributed by atoms with van der Waals surface area (Å²) in [6, 6.07) is 5.46. The Kier molecular flexibility index (Phi) is 4.30. The number of amides is 1. The van der Waals surface area contributed by atoms with Gasteiger partial charge in [-0.1, -0.05) is 6.08 Å². The molecule has 0 spiro atoms. The summed E-state index contributed by atoms with van der Waals surface area (Å²) in [4.78, 5) is 27.2. The van der Waals surface area contributed by atoms with Crippen molar-refractivity contribution in [2.24, 2.45) is 4.99 Å². The molecule has 1 aliphatic heterocycles. The summed E-state index contributed by atoms with van der Waals surface area (Å²) < 4.78 is 4.45. The number of esters is 1. The van der Waals surface area contributed by atoms with Gasteiger partial charge in [0, 0.05) is 30.3 Å². The van der Waals surface area contributed by atoms with E-state index in [1.54, 1.807) is 12.1 Å². The number of nitrogens with zero attached hydrogens (tertiary/aromatic N) is 1. The minimum atomic E-state index is -0.440. The van der Waals surface area contributed by atoms with Crippen LogP contribution in [0.25, 0.3) is 0 Å². The largest absolute Gasteiger partial charge is 0.466 e. The molecule has 0 bridgehead atoms. The molecule has 0 saturated heterocycles. The topological polar surface area (TPSA) is 67.8 Å². The van der Waals surface area contributed by atoms with Gasteiger partial charge < -0.3 is 10.1 Å². The van der Waals surface area contributed by atoms with Crippen LogP contribution in [0.15, 0.2) is 35.3 Å². The molecule has 1 amide bonds. The number of hydrogen-bond acceptors (Lipinski definition) is 4. The van der Waals surface area contributed by atoms with Crippen LogP contribution in [-0.2, 0) is 16.0 Å². The van der Waals surface area contributed by atoms with E-state index in [9.17, 15) is 9.59 Å². The van der Waals surface area contributed by atoms with Crippen molar-refractivity contribution in [1.82, 2.24) is 5.32 Å². The summed E-state index contributed by atoms with van der Waals surface area (Å²) in [5.41, 5.74) is 3.66. The summed E-state index contributed by atoms with van der Waals surface area (Å²) in [5.74, 6) is -0.615. The first-order valence-electron chi connectivity index (χ1n) is 6.30. The third-order valence-corrected chi connectivity index (χ3v) is 2.93. The fourth-order valence-electron chi connectivity index (χ4n) is 1.98. The van der Waals surface area contributed by atoms with E-state index in [1.165, 1.54) is 13.2 Å². The van der Waals surface area contributed by atoms with E-state index in [4.69, 9.17) is 0 Å². The highest BCUT2D eigenvalue weighted by atomic mass is 16.5. The molecule has 1 aromatic carbocycles. The molecule has 0 atom stereocenters. The van der Waals surface area contributed by atoms with E-state index in [-0.39, 0.29) is 12.5 Å². The van der Waals surface area contributed by atoms with Crippen molar-refractivity contribution in [3.05, 3.63) is 41.5 Å². The molecule has 0 unspecified atom stereocenters. The molecule has 5 heteroatoms. The molecule has 1 heterocycles. The second-order valence-electron chi connectivity index (χ2n) is 4.50. The normalized spacial score (nSPS) is 13.0. The number of carbonyl (C=O) groups is 2. The molecular formula is C15H16N2O3. The zero-order chi connectivity index (χ0) is 14.5. The third-order valence-electron chi connectivity index (χ3n) is 2.93. The van der Waals surface area contributed by atoms with Gasteiger partial charge in [-0.25, -0.2) is 4.79 Å². The number of nitrogens with one attached hydrogen (secondary N) is 1. The smallest absolute Gasteiger partial charge is 0.330 e. The highest BCUT2D eigenvalue weighted by molar-refractivity contribution is 5.97. The second-order valence-corrected chi connectivity index (χ2v) is 4.50. The molecule has 104 valence electrons. The van der Waals surface area contributed by atoms with Crippen LogP contribution in [0.1, 0.15) is 22.8 Å². The van der Waals surface area contributed by atoms with Gasteiger partial charge in [-0.05, 0) is 30.7 Å². The van der Waals surface area contributed by atoms with Gasteiger partial charge in [-0.3, -0.25) is 9.79 Å². The first-order chi connectivity index (χ1) is 9.60. The van der Waals surface area contributed by atoms with Gasteiger partial charge in [0.25, 0.3) is 5.91 Å². The van der Waals surface area contributed by atoms with E-state index < -0.39 is 5.97 Å². The SMILES string of the molecule is COC(=O)/C=C/CNC(=O)c1ccc2c(c1)CC(C)=N2. The summed E-state index contributed by atoms with van der Waals surface area (Å²) in [6.07, 6.45) is 3.61. The Morgan fingerprint density at radius 3 is 3.00 bits per heavy atom. The van der Waals surface area contributed by atoms with Crippen LogP contribution in [0.4, 0.5) is 5.69 Å². The Morgan fingerprint density at radius 1 is 1.45 bits per heavy atom. The van der Waals surface area contributed by atoms with Crippen molar-refractivity contribution in [2.45, 2.75) is 13.3 Å². The number of hydrogen-bond donors (Lipinski definition) is 1. The third kappa shape index (κ3) is 3.32. The molecule has 0 fully saturated rings. The van der Waals surface area contributed by atoms with Gasteiger partial charge in [0.15, 0.2) is 0 Å². The van der Waals surface area contributed by atoms with Gasteiger partial charge in [-0.15, -0.1) is 0 Å². The van der Waals surface area contributed by atoms with Crippen molar-refractivity contribution < 1.29 is 14.3 Å². The molecule has 2 rings (SSSR count). The fourth-order valence-corrected chi connectivity index (χ4v) is 1.98. The lowest BCUT2D eigenvalue weighted by Crippen LogP contribution is -2.23. The Hall–Kier alpha value is -2.43. The zero-order valence-electron chi connectivity index (χ0n) is 11.5. The van der Waals surface area contributed by atoms with Crippen LogP contribution in [0, 0.1) is 0 Å². The van der Waals surface area contributed by atoms with E-state index in [0.29, 0.717) is 5.56 Å². The number of rotatable bonds is 4. The minimum Gasteiger partial charge on any atom is -0.466 e. The molecule has 0 aliphatic carbocycles. The van der Waals surface area contributed by atoms with Crippen molar-refractivity contribution in [1.29, 1.82) is 0 Å². The van der Waals surface area contributed by atoms with E-state index in [2.05, 4.69) is 15.0 Å². The van der Waals surface area contributed by atoms with Crippen LogP contribution in [0.5, 0.6) is 0 Å². The van der Waals surface area contributed by atoms with Gasteiger partial charge in [0.1, 0.15) is 0 Å². The van der Waals surface area contributed by atoms with Crippen molar-refractivity contribution >= 4 is 23.3 Å². The van der Waals surface area contributed by atoms with Crippen LogP contribution in [-0.4, -0.2) is 31.2 Å². The molecule has 20 heavy (non-hydrogen) atoms. The first-order valence-corrected chi connectivity index (χ1v) is 6.30. The van der Waals surface area contributed by atoms with Crippen LogP contribution in [0.2, 0.25) is 0 Å². The molecule has 5 nitrogen and oxygen atoms in total.